The first-order chi connectivity index (χ1) is 11.5. The molecule has 1 fully saturated rings. The molecule has 0 unspecified atom stereocenters. The minimum atomic E-state index is -0.727. The first-order valence-electron chi connectivity index (χ1n) is 7.19. The van der Waals surface area contributed by atoms with Crippen molar-refractivity contribution in [3.63, 3.8) is 0 Å². The number of Topliss-reactive ketones (excluding diaryl/α,β-unsaturated/α-hetero) is 1. The Bertz CT molecular complexity index is 825. The third-order valence-corrected chi connectivity index (χ3v) is 4.37. The largest absolute Gasteiger partial charge is 0.507 e. The van der Waals surface area contributed by atoms with E-state index < -0.39 is 17.7 Å². The van der Waals surface area contributed by atoms with Crippen molar-refractivity contribution in [2.75, 3.05) is 7.11 Å². The van der Waals surface area contributed by atoms with Gasteiger partial charge in [0.2, 0.25) is 0 Å². The number of carbonyl (C=O) groups is 2. The number of benzene rings is 2. The van der Waals surface area contributed by atoms with E-state index in [1.807, 2.05) is 0 Å². The Balaban J connectivity index is 2.07. The minimum absolute atomic E-state index is 0.0486. The fourth-order valence-corrected chi connectivity index (χ4v) is 2.84. The van der Waals surface area contributed by atoms with Gasteiger partial charge in [0.1, 0.15) is 11.5 Å². The summed E-state index contributed by atoms with van der Waals surface area (Å²) in [6.45, 7) is 0. The van der Waals surface area contributed by atoms with Crippen LogP contribution in [0.5, 0.6) is 5.75 Å². The molecule has 24 heavy (non-hydrogen) atoms. The Morgan fingerprint density at radius 1 is 1.08 bits per heavy atom. The topological polar surface area (TPSA) is 75.6 Å². The highest BCUT2D eigenvalue weighted by molar-refractivity contribution is 9.10. The van der Waals surface area contributed by atoms with Gasteiger partial charge >= 0.3 is 0 Å². The maximum atomic E-state index is 12.2. The van der Waals surface area contributed by atoms with Crippen LogP contribution < -0.4 is 10.1 Å². The van der Waals surface area contributed by atoms with Gasteiger partial charge in [0, 0.05) is 10.0 Å². The smallest absolute Gasteiger partial charge is 0.293 e. The number of nitrogens with one attached hydrogen (secondary N) is 1. The summed E-state index contributed by atoms with van der Waals surface area (Å²) in [6.07, 6.45) is 0. The lowest BCUT2D eigenvalue weighted by Crippen LogP contribution is -2.21. The van der Waals surface area contributed by atoms with Gasteiger partial charge in [-0.15, -0.1) is 0 Å². The second-order valence-electron chi connectivity index (χ2n) is 5.28. The normalized spacial score (nSPS) is 19.2. The van der Waals surface area contributed by atoms with Crippen LogP contribution in [0.1, 0.15) is 17.2 Å². The van der Waals surface area contributed by atoms with E-state index in [1.165, 1.54) is 0 Å². The molecule has 1 aliphatic rings. The van der Waals surface area contributed by atoms with Gasteiger partial charge in [0.05, 0.1) is 18.7 Å². The zero-order valence-corrected chi connectivity index (χ0v) is 14.3. The van der Waals surface area contributed by atoms with Gasteiger partial charge in [0.25, 0.3) is 11.7 Å². The van der Waals surface area contributed by atoms with Crippen molar-refractivity contribution in [1.29, 1.82) is 0 Å². The lowest BCUT2D eigenvalue weighted by Gasteiger charge is -2.14. The molecule has 2 aromatic rings. The average Bonchev–Trinajstić information content (AvgIpc) is 2.90. The molecule has 1 aliphatic heterocycles. The maximum absolute atomic E-state index is 12.2. The number of aliphatic hydroxyl groups is 1. The first kappa shape index (κ1) is 16.3. The van der Waals surface area contributed by atoms with Crippen LogP contribution in [0.3, 0.4) is 0 Å². The Morgan fingerprint density at radius 3 is 2.29 bits per heavy atom. The molecule has 0 radical (unpaired) electrons. The molecule has 0 bridgehead atoms. The molecule has 0 spiro atoms. The van der Waals surface area contributed by atoms with Crippen molar-refractivity contribution in [3.8, 4) is 5.75 Å². The first-order valence-corrected chi connectivity index (χ1v) is 7.98. The number of methoxy groups -OCH3 is 1. The number of amides is 1. The van der Waals surface area contributed by atoms with Gasteiger partial charge in [-0.3, -0.25) is 9.59 Å². The van der Waals surface area contributed by atoms with Crippen LogP contribution in [0.2, 0.25) is 0 Å². The summed E-state index contributed by atoms with van der Waals surface area (Å²) < 4.78 is 5.96. The molecule has 0 saturated carbocycles. The third kappa shape index (κ3) is 2.92. The zero-order chi connectivity index (χ0) is 17.3. The van der Waals surface area contributed by atoms with E-state index in [4.69, 9.17) is 4.74 Å². The fraction of sp³-hybridized carbons (Fsp3) is 0.111. The number of rotatable bonds is 3. The van der Waals surface area contributed by atoms with Gasteiger partial charge in [0.15, 0.2) is 0 Å². The molecule has 0 aromatic heterocycles. The van der Waals surface area contributed by atoms with Crippen molar-refractivity contribution >= 4 is 33.4 Å². The van der Waals surface area contributed by atoms with Crippen molar-refractivity contribution in [3.05, 3.63) is 69.7 Å². The number of ketones is 1. The van der Waals surface area contributed by atoms with Crippen LogP contribution in [0.15, 0.2) is 58.6 Å². The lowest BCUT2D eigenvalue weighted by atomic mass is 9.96. The minimum Gasteiger partial charge on any atom is -0.507 e. The number of hydrogen-bond donors (Lipinski definition) is 2. The second kappa shape index (κ2) is 6.49. The van der Waals surface area contributed by atoms with Crippen molar-refractivity contribution in [1.82, 2.24) is 5.32 Å². The van der Waals surface area contributed by atoms with Gasteiger partial charge < -0.3 is 15.2 Å². The SMILES string of the molecule is COc1ccc([C@@H]2NC(=O)C(=O)C2=C(O)c2ccc(Br)cc2)cc1. The van der Waals surface area contributed by atoms with Crippen LogP contribution in [0.4, 0.5) is 0 Å². The van der Waals surface area contributed by atoms with E-state index in [9.17, 15) is 14.7 Å². The van der Waals surface area contributed by atoms with E-state index >= 15 is 0 Å². The lowest BCUT2D eigenvalue weighted by molar-refractivity contribution is -0.133. The quantitative estimate of drug-likeness (QED) is 0.481. The highest BCUT2D eigenvalue weighted by Gasteiger charge is 2.39. The maximum Gasteiger partial charge on any atom is 0.293 e. The molecule has 2 aromatic carbocycles. The molecule has 6 heteroatoms. The number of halogens is 1. The molecule has 0 aliphatic carbocycles. The molecule has 1 atom stereocenters. The summed E-state index contributed by atoms with van der Waals surface area (Å²) in [7, 11) is 1.56. The molecule has 1 heterocycles. The van der Waals surface area contributed by atoms with Crippen LogP contribution in [0, 0.1) is 0 Å². The molecule has 2 N–H and O–H groups in total. The predicted molar refractivity (Wildman–Crippen MR) is 92.6 cm³/mol. The van der Waals surface area contributed by atoms with Crippen molar-refractivity contribution in [2.24, 2.45) is 0 Å². The van der Waals surface area contributed by atoms with E-state index in [-0.39, 0.29) is 11.3 Å². The second-order valence-corrected chi connectivity index (χ2v) is 6.19. The predicted octanol–water partition coefficient (Wildman–Crippen LogP) is 3.17. The van der Waals surface area contributed by atoms with Gasteiger partial charge in [-0.05, 0) is 29.8 Å². The Labute approximate surface area is 147 Å². The number of carbonyl (C=O) groups excluding carboxylic acids is 2. The van der Waals surface area contributed by atoms with E-state index in [1.54, 1.807) is 55.6 Å². The highest BCUT2D eigenvalue weighted by Crippen LogP contribution is 2.33. The highest BCUT2D eigenvalue weighted by atomic mass is 79.9. The molecular weight excluding hydrogens is 374 g/mol. The average molecular weight is 388 g/mol. The van der Waals surface area contributed by atoms with Crippen LogP contribution in [0.25, 0.3) is 5.76 Å². The molecular formula is C18H14BrNO4. The molecule has 3 rings (SSSR count). The number of aliphatic hydroxyl groups excluding tert-OH is 1. The summed E-state index contributed by atoms with van der Waals surface area (Å²) in [5.74, 6) is -0.991. The summed E-state index contributed by atoms with van der Waals surface area (Å²) in [5, 5.41) is 13.2. The van der Waals surface area contributed by atoms with Crippen molar-refractivity contribution < 1.29 is 19.4 Å². The van der Waals surface area contributed by atoms with E-state index in [0.29, 0.717) is 16.9 Å². The van der Waals surface area contributed by atoms with E-state index in [0.717, 1.165) is 4.47 Å². The Morgan fingerprint density at radius 2 is 1.71 bits per heavy atom. The number of hydrogen-bond acceptors (Lipinski definition) is 4. The standard InChI is InChI=1S/C18H14BrNO4/c1-24-13-8-4-10(5-9-13)15-14(17(22)18(23)20-15)16(21)11-2-6-12(19)7-3-11/h2-9,15,21H,1H3,(H,20,23)/t15-/m0/s1. The summed E-state index contributed by atoms with van der Waals surface area (Å²) in [6, 6.07) is 13.1. The molecule has 1 amide bonds. The van der Waals surface area contributed by atoms with Crippen molar-refractivity contribution in [2.45, 2.75) is 6.04 Å². The van der Waals surface area contributed by atoms with Gasteiger partial charge in [-0.25, -0.2) is 0 Å². The van der Waals surface area contributed by atoms with Gasteiger partial charge in [-0.1, -0.05) is 40.2 Å². The van der Waals surface area contributed by atoms with Crippen LogP contribution >= 0.6 is 15.9 Å². The molecule has 122 valence electrons. The summed E-state index contributed by atoms with van der Waals surface area (Å²) in [5.41, 5.74) is 1.21. The summed E-state index contributed by atoms with van der Waals surface area (Å²) >= 11 is 3.32. The van der Waals surface area contributed by atoms with Gasteiger partial charge in [-0.2, -0.15) is 0 Å². The fourth-order valence-electron chi connectivity index (χ4n) is 2.58. The van der Waals surface area contributed by atoms with Crippen LogP contribution in [-0.4, -0.2) is 23.9 Å². The Hall–Kier alpha value is -2.60. The Kier molecular flexibility index (Phi) is 4.40. The molecule has 5 nitrogen and oxygen atoms in total. The van der Waals surface area contributed by atoms with Crippen LogP contribution in [-0.2, 0) is 9.59 Å². The molecule has 1 saturated heterocycles. The zero-order valence-electron chi connectivity index (χ0n) is 12.7. The number of ether oxygens (including phenoxy) is 1. The third-order valence-electron chi connectivity index (χ3n) is 3.84. The summed E-state index contributed by atoms with van der Waals surface area (Å²) in [4.78, 5) is 24.1. The monoisotopic (exact) mass is 387 g/mol. The van der Waals surface area contributed by atoms with E-state index in [2.05, 4.69) is 21.2 Å².